The van der Waals surface area contributed by atoms with Crippen molar-refractivity contribution in [2.24, 2.45) is 0 Å². The van der Waals surface area contributed by atoms with E-state index >= 15 is 0 Å². The predicted molar refractivity (Wildman–Crippen MR) is 79.7 cm³/mol. The zero-order valence-electron chi connectivity index (χ0n) is 10.9. The molecule has 1 aliphatic rings. The van der Waals surface area contributed by atoms with E-state index in [1.807, 2.05) is 18.7 Å². The first-order chi connectivity index (χ1) is 8.72. The van der Waals surface area contributed by atoms with Crippen LogP contribution in [0.15, 0.2) is 18.2 Å². The molecule has 1 saturated heterocycles. The van der Waals surface area contributed by atoms with Gasteiger partial charge < -0.3 is 10.1 Å². The molecule has 0 amide bonds. The van der Waals surface area contributed by atoms with Gasteiger partial charge in [0.1, 0.15) is 0 Å². The van der Waals surface area contributed by atoms with Crippen LogP contribution in [0, 0.1) is 6.92 Å². The number of nitrogens with one attached hydrogen (secondary N) is 1. The summed E-state index contributed by atoms with van der Waals surface area (Å²) in [7, 11) is 0. The molecule has 2 atom stereocenters. The molecule has 1 heterocycles. The lowest BCUT2D eigenvalue weighted by Gasteiger charge is -2.31. The third kappa shape index (κ3) is 3.41. The number of halogens is 1. The summed E-state index contributed by atoms with van der Waals surface area (Å²) < 4.78 is 5.89. The molecule has 4 heteroatoms. The Balaban J connectivity index is 2.19. The summed E-state index contributed by atoms with van der Waals surface area (Å²) in [5.41, 5.74) is 2.34. The molecule has 2 rings (SSSR count). The van der Waals surface area contributed by atoms with E-state index in [2.05, 4.69) is 30.4 Å². The van der Waals surface area contributed by atoms with Gasteiger partial charge in [0.15, 0.2) is 0 Å². The summed E-state index contributed by atoms with van der Waals surface area (Å²) in [6.07, 6.45) is 0.238. The standard InChI is InChI=1S/C14H20ClNOS/c1-3-16-14(13-9-18-7-6-17-13)11-5-4-10(2)12(15)8-11/h4-5,8,13-14,16H,3,6-7,9H2,1-2H3. The van der Waals surface area contributed by atoms with Crippen molar-refractivity contribution < 1.29 is 4.74 Å². The molecular formula is C14H20ClNOS. The largest absolute Gasteiger partial charge is 0.375 e. The summed E-state index contributed by atoms with van der Waals surface area (Å²) >= 11 is 8.18. The van der Waals surface area contributed by atoms with Gasteiger partial charge in [0.05, 0.1) is 18.8 Å². The highest BCUT2D eigenvalue weighted by Crippen LogP contribution is 2.28. The zero-order valence-corrected chi connectivity index (χ0v) is 12.5. The fourth-order valence-corrected chi connectivity index (χ4v) is 3.28. The van der Waals surface area contributed by atoms with Crippen molar-refractivity contribution in [1.82, 2.24) is 5.32 Å². The minimum atomic E-state index is 0.237. The smallest absolute Gasteiger partial charge is 0.0860 e. The van der Waals surface area contributed by atoms with Crippen LogP contribution in [-0.2, 0) is 4.74 Å². The van der Waals surface area contributed by atoms with E-state index in [4.69, 9.17) is 16.3 Å². The van der Waals surface area contributed by atoms with Crippen LogP contribution in [0.5, 0.6) is 0 Å². The van der Waals surface area contributed by atoms with Crippen LogP contribution >= 0.6 is 23.4 Å². The highest BCUT2D eigenvalue weighted by atomic mass is 35.5. The minimum Gasteiger partial charge on any atom is -0.375 e. The second-order valence-corrected chi connectivity index (χ2v) is 6.09. The van der Waals surface area contributed by atoms with Crippen molar-refractivity contribution in [3.63, 3.8) is 0 Å². The van der Waals surface area contributed by atoms with Crippen LogP contribution in [-0.4, -0.2) is 30.8 Å². The van der Waals surface area contributed by atoms with Crippen LogP contribution < -0.4 is 5.32 Å². The first-order valence-electron chi connectivity index (χ1n) is 6.41. The van der Waals surface area contributed by atoms with Crippen LogP contribution in [0.4, 0.5) is 0 Å². The maximum atomic E-state index is 6.22. The van der Waals surface area contributed by atoms with Gasteiger partial charge in [0.2, 0.25) is 0 Å². The maximum Gasteiger partial charge on any atom is 0.0860 e. The topological polar surface area (TPSA) is 21.3 Å². The van der Waals surface area contributed by atoms with E-state index in [1.54, 1.807) is 0 Å². The third-order valence-electron chi connectivity index (χ3n) is 3.19. The van der Waals surface area contributed by atoms with Crippen LogP contribution in [0.3, 0.4) is 0 Å². The molecule has 100 valence electrons. The van der Waals surface area contributed by atoms with Gasteiger partial charge in [0.25, 0.3) is 0 Å². The quantitative estimate of drug-likeness (QED) is 0.916. The van der Waals surface area contributed by atoms with Crippen molar-refractivity contribution in [2.75, 3.05) is 24.7 Å². The summed E-state index contributed by atoms with van der Waals surface area (Å²) in [6.45, 7) is 5.93. The van der Waals surface area contributed by atoms with Crippen LogP contribution in [0.25, 0.3) is 0 Å². The summed E-state index contributed by atoms with van der Waals surface area (Å²) in [4.78, 5) is 0. The van der Waals surface area contributed by atoms with Crippen molar-refractivity contribution in [1.29, 1.82) is 0 Å². The molecule has 0 bridgehead atoms. The van der Waals surface area contributed by atoms with Crippen molar-refractivity contribution in [3.05, 3.63) is 34.3 Å². The molecule has 1 aromatic carbocycles. The lowest BCUT2D eigenvalue weighted by Crippen LogP contribution is -2.38. The van der Waals surface area contributed by atoms with Gasteiger partial charge in [-0.05, 0) is 30.7 Å². The van der Waals surface area contributed by atoms with E-state index < -0.39 is 0 Å². The van der Waals surface area contributed by atoms with Gasteiger partial charge in [-0.3, -0.25) is 0 Å². The molecule has 2 unspecified atom stereocenters. The second kappa shape index (κ2) is 6.80. The third-order valence-corrected chi connectivity index (χ3v) is 4.62. The number of hydrogen-bond acceptors (Lipinski definition) is 3. The number of ether oxygens (including phenoxy) is 1. The average Bonchev–Trinajstić information content (AvgIpc) is 2.40. The number of aryl methyl sites for hydroxylation is 1. The van der Waals surface area contributed by atoms with E-state index in [0.29, 0.717) is 0 Å². The van der Waals surface area contributed by atoms with Gasteiger partial charge in [-0.1, -0.05) is 30.7 Å². The monoisotopic (exact) mass is 285 g/mol. The Morgan fingerprint density at radius 1 is 1.56 bits per heavy atom. The number of likely N-dealkylation sites (N-methyl/N-ethyl adjacent to an activating group) is 1. The average molecular weight is 286 g/mol. The number of thioether (sulfide) groups is 1. The molecule has 0 aliphatic carbocycles. The summed E-state index contributed by atoms with van der Waals surface area (Å²) in [5, 5.41) is 4.35. The Kier molecular flexibility index (Phi) is 5.37. The molecule has 0 saturated carbocycles. The molecule has 18 heavy (non-hydrogen) atoms. The van der Waals surface area contributed by atoms with E-state index in [9.17, 15) is 0 Å². The molecule has 0 aromatic heterocycles. The molecule has 2 nitrogen and oxygen atoms in total. The fraction of sp³-hybridized carbons (Fsp3) is 0.571. The molecule has 1 fully saturated rings. The molecular weight excluding hydrogens is 266 g/mol. The van der Waals surface area contributed by atoms with Gasteiger partial charge in [-0.2, -0.15) is 11.8 Å². The SMILES string of the molecule is CCNC(c1ccc(C)c(Cl)c1)C1CSCCO1. The first-order valence-corrected chi connectivity index (χ1v) is 7.94. The Morgan fingerprint density at radius 2 is 2.39 bits per heavy atom. The van der Waals surface area contributed by atoms with Crippen LogP contribution in [0.2, 0.25) is 5.02 Å². The number of hydrogen-bond donors (Lipinski definition) is 1. The normalized spacial score (nSPS) is 21.8. The van der Waals surface area contributed by atoms with Gasteiger partial charge in [-0.15, -0.1) is 0 Å². The Hall–Kier alpha value is -0.220. The summed E-state index contributed by atoms with van der Waals surface area (Å²) in [6, 6.07) is 6.53. The highest BCUT2D eigenvalue weighted by Gasteiger charge is 2.25. The molecule has 0 radical (unpaired) electrons. The number of rotatable bonds is 4. The van der Waals surface area contributed by atoms with Crippen molar-refractivity contribution >= 4 is 23.4 Å². The highest BCUT2D eigenvalue weighted by molar-refractivity contribution is 7.99. The molecule has 1 aliphatic heterocycles. The van der Waals surface area contributed by atoms with Crippen molar-refractivity contribution in [3.8, 4) is 0 Å². The Bertz CT molecular complexity index is 393. The van der Waals surface area contributed by atoms with Crippen LogP contribution in [0.1, 0.15) is 24.1 Å². The number of benzene rings is 1. The lowest BCUT2D eigenvalue weighted by atomic mass is 10.0. The lowest BCUT2D eigenvalue weighted by molar-refractivity contribution is 0.0472. The predicted octanol–water partition coefficient (Wildman–Crippen LogP) is 3.43. The van der Waals surface area contributed by atoms with E-state index in [0.717, 1.165) is 35.2 Å². The second-order valence-electron chi connectivity index (χ2n) is 4.53. The first kappa shape index (κ1) is 14.2. The van der Waals surface area contributed by atoms with Gasteiger partial charge in [0, 0.05) is 16.5 Å². The fourth-order valence-electron chi connectivity index (χ4n) is 2.18. The summed E-state index contributed by atoms with van der Waals surface area (Å²) in [5.74, 6) is 2.15. The van der Waals surface area contributed by atoms with E-state index in [1.165, 1.54) is 5.56 Å². The minimum absolute atomic E-state index is 0.237. The maximum absolute atomic E-state index is 6.22. The van der Waals surface area contributed by atoms with Crippen molar-refractivity contribution in [2.45, 2.75) is 26.0 Å². The zero-order chi connectivity index (χ0) is 13.0. The van der Waals surface area contributed by atoms with Gasteiger partial charge in [-0.25, -0.2) is 0 Å². The Labute approximate surface area is 118 Å². The molecule has 1 aromatic rings. The van der Waals surface area contributed by atoms with Gasteiger partial charge >= 0.3 is 0 Å². The molecule has 0 spiro atoms. The van der Waals surface area contributed by atoms with E-state index in [-0.39, 0.29) is 12.1 Å². The molecule has 1 N–H and O–H groups in total. The Morgan fingerprint density at radius 3 is 3.00 bits per heavy atom.